The zero-order chi connectivity index (χ0) is 80.9. The lowest BCUT2D eigenvalue weighted by molar-refractivity contribution is -0.317. The number of alkyl halides is 1. The van der Waals surface area contributed by atoms with Crippen LogP contribution in [0.3, 0.4) is 0 Å². The van der Waals surface area contributed by atoms with E-state index in [0.717, 1.165) is 0 Å². The van der Waals surface area contributed by atoms with Gasteiger partial charge in [0.25, 0.3) is 0 Å². The SMILES string of the molecule is CN[C@H](CC(C)C)C(=O)N[C@H]1C(=O)N[C@@H](CC(N)=O)C(=O)N[C@H]2C(N)=N[C@H]3C(=O)N[C@H](C(=O)N[C@H](CO)C4=CC(O)CC(O)=C4C4CC3=CC=C4O)[C@H](O)C3=CC=C(Oc4cc2cc(c4O[C@H]2OC(CO)C(O)[C@@H]4c5cc(ccc5-c5ccc(Cl)cc5)CNC5(C)C[C@H](OC24)OC(C)[C@H]5O)OC2=C(Cl)C=C(CC2)[C@H]1O)C(Cl)C3. The largest absolute Gasteiger partial charge is 0.512 e. The third-order valence-electron chi connectivity index (χ3n) is 22.3. The molecule has 8 aliphatic heterocycles. The van der Waals surface area contributed by atoms with Gasteiger partial charge in [-0.3, -0.25) is 33.8 Å². The normalized spacial score (nSPS) is 33.2. The van der Waals surface area contributed by atoms with Gasteiger partial charge in [0, 0.05) is 53.8 Å². The van der Waals surface area contributed by atoms with E-state index >= 15 is 19.2 Å². The van der Waals surface area contributed by atoms with Gasteiger partial charge in [0.15, 0.2) is 23.8 Å². The number of aliphatic hydroxyl groups excluding tert-OH is 9. The molecule has 8 heterocycles. The van der Waals surface area contributed by atoms with Crippen molar-refractivity contribution in [3.8, 4) is 28.4 Å². The average molecular weight is 1630 g/mol. The van der Waals surface area contributed by atoms with Crippen LogP contribution in [0.2, 0.25) is 5.02 Å². The minimum Gasteiger partial charge on any atom is -0.512 e. The molecular formula is C79H93Cl3N10O21. The fraction of sp³-hybridized carbons (Fsp3) is 0.481. The quantitative estimate of drug-likeness (QED) is 0.116. The number of nitrogens with one attached hydrogen (secondary N) is 7. The van der Waals surface area contributed by atoms with Crippen molar-refractivity contribution in [2.45, 2.75) is 206 Å². The first kappa shape index (κ1) is 82.2. The first-order valence-corrected chi connectivity index (χ1v) is 38.6. The van der Waals surface area contributed by atoms with Gasteiger partial charge >= 0.3 is 0 Å². The number of carbonyl (C=O) groups is 6. The zero-order valence-corrected chi connectivity index (χ0v) is 64.5. The monoisotopic (exact) mass is 1620 g/mol. The van der Waals surface area contributed by atoms with Crippen LogP contribution in [-0.2, 0) is 49.5 Å². The molecule has 3 aromatic carbocycles. The molecule has 0 saturated carbocycles. The van der Waals surface area contributed by atoms with E-state index in [-0.39, 0.29) is 125 Å². The highest BCUT2D eigenvalue weighted by Crippen LogP contribution is 2.51. The van der Waals surface area contributed by atoms with Crippen molar-refractivity contribution < 1.29 is 103 Å². The van der Waals surface area contributed by atoms with Gasteiger partial charge in [-0.05, 0) is 151 Å². The number of carbonyl (C=O) groups excluding carboxylic acids is 6. The van der Waals surface area contributed by atoms with Gasteiger partial charge in [-0.2, -0.15) is 0 Å². The van der Waals surface area contributed by atoms with Crippen molar-refractivity contribution >= 4 is 76.1 Å². The molecule has 15 rings (SSSR count). The van der Waals surface area contributed by atoms with Crippen molar-refractivity contribution in [2.75, 3.05) is 20.3 Å². The fourth-order valence-corrected chi connectivity index (χ4v) is 17.1. The van der Waals surface area contributed by atoms with Crippen LogP contribution in [0.4, 0.5) is 0 Å². The second-order valence-electron chi connectivity index (χ2n) is 30.7. The van der Waals surface area contributed by atoms with E-state index in [1.54, 1.807) is 31.2 Å². The Morgan fingerprint density at radius 3 is 2.22 bits per heavy atom. The minimum atomic E-state index is -2.01. The third-order valence-corrected chi connectivity index (χ3v) is 23.3. The highest BCUT2D eigenvalue weighted by Gasteiger charge is 2.54. The predicted octanol–water partition coefficient (Wildman–Crippen LogP) is 2.72. The molecule has 3 fully saturated rings. The number of halogens is 3. The summed E-state index contributed by atoms with van der Waals surface area (Å²) in [5, 5.41) is 126. The van der Waals surface area contributed by atoms with Crippen molar-refractivity contribution in [3.63, 3.8) is 0 Å². The average Bonchev–Trinajstić information content (AvgIpc) is 1.72. The van der Waals surface area contributed by atoms with Crippen LogP contribution in [0.15, 0.2) is 152 Å². The Hall–Kier alpha value is -8.74. The Kier molecular flexibility index (Phi) is 24.7. The molecule has 0 radical (unpaired) electrons. The maximum absolute atomic E-state index is 15.7. The smallest absolute Gasteiger partial charge is 0.249 e. The number of aliphatic hydroxyl groups is 9. The molecule has 3 saturated heterocycles. The number of amidine groups is 1. The Labute approximate surface area is 664 Å². The summed E-state index contributed by atoms with van der Waals surface area (Å²) in [6.45, 7) is 5.74. The van der Waals surface area contributed by atoms with Crippen molar-refractivity contribution in [3.05, 3.63) is 169 Å². The van der Waals surface area contributed by atoms with Gasteiger partial charge in [0.05, 0.1) is 72.3 Å². The Morgan fingerprint density at radius 2 is 1.53 bits per heavy atom. The lowest BCUT2D eigenvalue weighted by Crippen LogP contribution is -2.63. The number of nitrogens with two attached hydrogens (primary N) is 2. The lowest BCUT2D eigenvalue weighted by Gasteiger charge is -2.49. The summed E-state index contributed by atoms with van der Waals surface area (Å²) in [5.74, 6) is -12.0. The number of primary amides is 1. The molecule has 34 heteroatoms. The number of rotatable bonds is 12. The highest BCUT2D eigenvalue weighted by atomic mass is 35.5. The van der Waals surface area contributed by atoms with Gasteiger partial charge in [-0.15, -0.1) is 11.6 Å². The highest BCUT2D eigenvalue weighted by molar-refractivity contribution is 6.31. The molecule has 15 bridgehead atoms. The fourth-order valence-electron chi connectivity index (χ4n) is 16.4. The number of hydrogen-bond donors (Lipinski definition) is 18. The van der Waals surface area contributed by atoms with E-state index in [1.807, 2.05) is 39.0 Å². The molecule has 3 aromatic rings. The van der Waals surface area contributed by atoms with Gasteiger partial charge in [0.1, 0.15) is 71.7 Å². The van der Waals surface area contributed by atoms with E-state index in [2.05, 4.69) is 37.2 Å². The number of benzene rings is 3. The van der Waals surface area contributed by atoms with Gasteiger partial charge in [-0.25, -0.2) is 0 Å². The van der Waals surface area contributed by atoms with Crippen LogP contribution in [0.25, 0.3) is 11.1 Å². The molecule has 8 unspecified atom stereocenters. The lowest BCUT2D eigenvalue weighted by atomic mass is 9.75. The summed E-state index contributed by atoms with van der Waals surface area (Å²) in [7, 11) is 1.53. The standard InChI is InChI=1S/C79H93Cl3N10O21/c1-32(2)18-48(85-5)73(103)91-64-66(99)37-10-16-53(46(81)21-37)109-55-23-39-24-56(69(55)113-78-70-61(68(101)57(31-94)111-78)43-19-34(6-14-42(43)35-7-12-40(80)13-8-35)29-86-79(4)28-59(112-70)108-33(3)71(79)102)110-54-17-11-38(22-47(54)82)67(100)65-77(107)88-50(30-93)44-25-41(95)26-52(97)60(44)45-20-36(9-15-51(45)96)63(75(105)92-65)89-72(84)62(39)90-74(104)49(27-58(83)98)87-76(64)106/h6-9,11-15,17,19,21,23-25,32-33,41,45,47-50,57,59,61-68,70-71,78,85-86,93-97,99-102H,10,16,18,20,22,26-31H2,1-5H3,(H2,83,98)(H2,84,89)(H,87,106)(H,88,107)(H,90,104)(H,91,103)(H,92,105)/t33?,41?,45?,47?,48-,49+,50-,57?,59+,61+,62-,63-,64-,65+,66-,67-,68?,70?,71-,78-,79?/m1/s1. The first-order chi connectivity index (χ1) is 53.8. The molecule has 606 valence electrons. The molecule has 0 aromatic heterocycles. The van der Waals surface area contributed by atoms with Crippen LogP contribution in [0.1, 0.15) is 108 Å². The summed E-state index contributed by atoms with van der Waals surface area (Å²) in [4.78, 5) is 94.2. The summed E-state index contributed by atoms with van der Waals surface area (Å²) >= 11 is 21.3. The van der Waals surface area contributed by atoms with Gasteiger partial charge in [0.2, 0.25) is 47.5 Å². The van der Waals surface area contributed by atoms with E-state index < -0.39 is 199 Å². The minimum absolute atomic E-state index is 0.00130. The number of fused-ring (bicyclic) bond motifs is 20. The summed E-state index contributed by atoms with van der Waals surface area (Å²) in [5.41, 5.74) is 14.5. The molecule has 6 amide bonds. The van der Waals surface area contributed by atoms with Gasteiger partial charge in [-0.1, -0.05) is 79.5 Å². The Balaban J connectivity index is 1.06. The second-order valence-corrected chi connectivity index (χ2v) is 32.0. The van der Waals surface area contributed by atoms with Crippen LogP contribution in [0.5, 0.6) is 17.2 Å². The number of nitrogens with zero attached hydrogens (tertiary/aromatic N) is 1. The molecule has 21 atom stereocenters. The topological polar surface area (TPSA) is 488 Å². The summed E-state index contributed by atoms with van der Waals surface area (Å²) in [6.07, 6.45) is -9.14. The Bertz CT molecular complexity index is 4560. The predicted molar refractivity (Wildman–Crippen MR) is 410 cm³/mol. The van der Waals surface area contributed by atoms with Crippen LogP contribution in [0, 0.1) is 11.8 Å². The zero-order valence-electron chi connectivity index (χ0n) is 62.2. The number of hydrogen-bond acceptors (Lipinski definition) is 25. The number of ether oxygens (including phenoxy) is 6. The maximum atomic E-state index is 15.7. The number of allylic oxidation sites excluding steroid dienone is 9. The van der Waals surface area contributed by atoms with E-state index in [4.69, 9.17) is 79.7 Å². The van der Waals surface area contributed by atoms with Crippen molar-refractivity contribution in [2.24, 2.45) is 28.3 Å². The van der Waals surface area contributed by atoms with Crippen LogP contribution >= 0.6 is 34.8 Å². The molecule has 12 aliphatic rings. The Morgan fingerprint density at radius 1 is 0.805 bits per heavy atom. The first-order valence-electron chi connectivity index (χ1n) is 37.4. The molecule has 20 N–H and O–H groups in total. The van der Waals surface area contributed by atoms with Crippen molar-refractivity contribution in [1.29, 1.82) is 0 Å². The third kappa shape index (κ3) is 17.2. The molecule has 31 nitrogen and oxygen atoms in total. The number of aliphatic imine (C=N–C) groups is 1. The number of likely N-dealkylation sites (N-methyl/N-ethyl adjacent to an activating group) is 1. The van der Waals surface area contributed by atoms with Crippen molar-refractivity contribution in [1.82, 2.24) is 37.2 Å². The van der Waals surface area contributed by atoms with E-state index in [1.165, 1.54) is 55.6 Å². The van der Waals surface area contributed by atoms with E-state index in [0.29, 0.717) is 27.3 Å². The maximum Gasteiger partial charge on any atom is 0.249 e. The second kappa shape index (κ2) is 34.0. The molecule has 0 spiro atoms. The molecule has 113 heavy (non-hydrogen) atoms. The van der Waals surface area contributed by atoms with Crippen LogP contribution in [-0.4, -0.2) is 216 Å². The van der Waals surface area contributed by atoms with E-state index in [9.17, 15) is 55.5 Å². The molecular weight excluding hydrogens is 1530 g/mol. The summed E-state index contributed by atoms with van der Waals surface area (Å²) in [6, 6.07) is 2.96. The number of amides is 6. The van der Waals surface area contributed by atoms with Crippen LogP contribution < -0.4 is 62.9 Å². The molecule has 4 aliphatic carbocycles. The summed E-state index contributed by atoms with van der Waals surface area (Å²) < 4.78 is 41.9. The van der Waals surface area contributed by atoms with Gasteiger partial charge < -0.3 is 123 Å².